The molecule has 1 aliphatic carbocycles. The third kappa shape index (κ3) is 2.27. The van der Waals surface area contributed by atoms with Crippen molar-refractivity contribution in [1.29, 1.82) is 0 Å². The molecule has 0 radical (unpaired) electrons. The molecule has 0 bridgehead atoms. The molecule has 60 valence electrons. The molecule has 0 aromatic rings. The monoisotopic (exact) mass is 144 g/mol. The van der Waals surface area contributed by atoms with Crippen molar-refractivity contribution in [3.8, 4) is 0 Å². The van der Waals surface area contributed by atoms with Gasteiger partial charge in [-0.1, -0.05) is 0 Å². The van der Waals surface area contributed by atoms with E-state index in [0.717, 1.165) is 19.8 Å². The van der Waals surface area contributed by atoms with Crippen LogP contribution in [0.4, 0.5) is 0 Å². The van der Waals surface area contributed by atoms with Crippen LogP contribution in [0.25, 0.3) is 0 Å². The highest BCUT2D eigenvalue weighted by atomic mass is 16.5. The molecule has 0 aliphatic heterocycles. The average molecular weight is 144 g/mol. The fraction of sp³-hybridized carbons (Fsp3) is 1.00. The van der Waals surface area contributed by atoms with Gasteiger partial charge in [-0.15, -0.1) is 0 Å². The predicted octanol–water partition coefficient (Wildman–Crippen LogP) is 1.45. The van der Waals surface area contributed by atoms with E-state index in [9.17, 15) is 0 Å². The fourth-order valence-electron chi connectivity index (χ4n) is 1.08. The molecule has 0 aromatic heterocycles. The summed E-state index contributed by atoms with van der Waals surface area (Å²) in [6, 6.07) is 0. The summed E-state index contributed by atoms with van der Waals surface area (Å²) in [4.78, 5) is 0. The van der Waals surface area contributed by atoms with Crippen molar-refractivity contribution >= 4 is 0 Å². The second-order valence-corrected chi connectivity index (χ2v) is 2.65. The molecule has 0 aromatic carbocycles. The Morgan fingerprint density at radius 3 is 2.70 bits per heavy atom. The highest BCUT2D eigenvalue weighted by molar-refractivity contribution is 4.87. The molecule has 0 N–H and O–H groups in total. The topological polar surface area (TPSA) is 18.5 Å². The van der Waals surface area contributed by atoms with Crippen molar-refractivity contribution in [2.24, 2.45) is 5.92 Å². The lowest BCUT2D eigenvalue weighted by molar-refractivity contribution is 0.0856. The molecule has 2 heteroatoms. The molecule has 0 spiro atoms. The van der Waals surface area contributed by atoms with Crippen molar-refractivity contribution < 1.29 is 9.47 Å². The molecule has 1 fully saturated rings. The van der Waals surface area contributed by atoms with E-state index in [1.807, 2.05) is 13.8 Å². The van der Waals surface area contributed by atoms with E-state index in [1.54, 1.807) is 0 Å². The molecule has 0 saturated heterocycles. The maximum absolute atomic E-state index is 5.38. The van der Waals surface area contributed by atoms with Gasteiger partial charge in [0.25, 0.3) is 0 Å². The Labute approximate surface area is 62.5 Å². The van der Waals surface area contributed by atoms with Crippen molar-refractivity contribution in [1.82, 2.24) is 0 Å². The first-order chi connectivity index (χ1) is 4.88. The SMILES string of the molecule is CCOCC1CC1OCC. The minimum atomic E-state index is 0.511. The minimum Gasteiger partial charge on any atom is -0.381 e. The Morgan fingerprint density at radius 2 is 2.10 bits per heavy atom. The normalized spacial score (nSPS) is 30.6. The number of hydrogen-bond acceptors (Lipinski definition) is 2. The zero-order valence-corrected chi connectivity index (χ0v) is 6.80. The van der Waals surface area contributed by atoms with Gasteiger partial charge in [0.15, 0.2) is 0 Å². The molecule has 2 nitrogen and oxygen atoms in total. The van der Waals surface area contributed by atoms with E-state index in [4.69, 9.17) is 9.47 Å². The Morgan fingerprint density at radius 1 is 1.30 bits per heavy atom. The van der Waals surface area contributed by atoms with Crippen LogP contribution < -0.4 is 0 Å². The van der Waals surface area contributed by atoms with Crippen molar-refractivity contribution in [2.45, 2.75) is 26.4 Å². The van der Waals surface area contributed by atoms with Gasteiger partial charge in [0.05, 0.1) is 12.7 Å². The second-order valence-electron chi connectivity index (χ2n) is 2.65. The van der Waals surface area contributed by atoms with Crippen LogP contribution in [0.15, 0.2) is 0 Å². The van der Waals surface area contributed by atoms with Crippen molar-refractivity contribution in [3.63, 3.8) is 0 Å². The Kier molecular flexibility index (Phi) is 3.16. The standard InChI is InChI=1S/C8H16O2/c1-3-9-6-7-5-8(7)10-4-2/h7-8H,3-6H2,1-2H3. The molecule has 10 heavy (non-hydrogen) atoms. The quantitative estimate of drug-likeness (QED) is 0.581. The van der Waals surface area contributed by atoms with E-state index in [0.29, 0.717) is 12.0 Å². The van der Waals surface area contributed by atoms with Crippen LogP contribution in [0.1, 0.15) is 20.3 Å². The average Bonchev–Trinajstić information content (AvgIpc) is 2.65. The number of rotatable bonds is 5. The molecular weight excluding hydrogens is 128 g/mol. The van der Waals surface area contributed by atoms with Gasteiger partial charge in [-0.05, 0) is 20.3 Å². The minimum absolute atomic E-state index is 0.511. The first-order valence-corrected chi connectivity index (χ1v) is 4.07. The molecule has 2 atom stereocenters. The molecule has 0 heterocycles. The first-order valence-electron chi connectivity index (χ1n) is 4.07. The van der Waals surface area contributed by atoms with Gasteiger partial charge >= 0.3 is 0 Å². The highest BCUT2D eigenvalue weighted by Crippen LogP contribution is 2.33. The lowest BCUT2D eigenvalue weighted by Gasteiger charge is -1.99. The smallest absolute Gasteiger partial charge is 0.0630 e. The molecule has 1 aliphatic rings. The zero-order chi connectivity index (χ0) is 7.40. The summed E-state index contributed by atoms with van der Waals surface area (Å²) in [6.45, 7) is 6.62. The van der Waals surface area contributed by atoms with Crippen LogP contribution in [0, 0.1) is 5.92 Å². The lowest BCUT2D eigenvalue weighted by Crippen LogP contribution is -2.02. The molecule has 0 amide bonds. The summed E-state index contributed by atoms with van der Waals surface area (Å²) in [7, 11) is 0. The highest BCUT2D eigenvalue weighted by Gasteiger charge is 2.37. The molecule has 2 unspecified atom stereocenters. The number of hydrogen-bond donors (Lipinski definition) is 0. The van der Waals surface area contributed by atoms with Crippen LogP contribution in [-0.2, 0) is 9.47 Å². The molecular formula is C8H16O2. The number of ether oxygens (including phenoxy) is 2. The summed E-state index contributed by atoms with van der Waals surface area (Å²) < 4.78 is 10.6. The van der Waals surface area contributed by atoms with Gasteiger partial charge in [0.1, 0.15) is 0 Å². The van der Waals surface area contributed by atoms with Gasteiger partial charge in [-0.25, -0.2) is 0 Å². The van der Waals surface area contributed by atoms with E-state index in [2.05, 4.69) is 0 Å². The van der Waals surface area contributed by atoms with Crippen LogP contribution in [-0.4, -0.2) is 25.9 Å². The van der Waals surface area contributed by atoms with E-state index in [-0.39, 0.29) is 0 Å². The maximum Gasteiger partial charge on any atom is 0.0630 e. The Hall–Kier alpha value is -0.0800. The van der Waals surface area contributed by atoms with Crippen molar-refractivity contribution in [3.05, 3.63) is 0 Å². The first kappa shape index (κ1) is 8.02. The summed E-state index contributed by atoms with van der Waals surface area (Å²) in [5.74, 6) is 0.694. The Bertz CT molecular complexity index is 93.3. The molecule has 1 saturated carbocycles. The van der Waals surface area contributed by atoms with E-state index in [1.165, 1.54) is 6.42 Å². The maximum atomic E-state index is 5.38. The third-order valence-corrected chi connectivity index (χ3v) is 1.77. The summed E-state index contributed by atoms with van der Waals surface area (Å²) in [6.07, 6.45) is 1.71. The predicted molar refractivity (Wildman–Crippen MR) is 40.0 cm³/mol. The Balaban J connectivity index is 1.92. The van der Waals surface area contributed by atoms with E-state index < -0.39 is 0 Å². The summed E-state index contributed by atoms with van der Waals surface area (Å²) >= 11 is 0. The fourth-order valence-corrected chi connectivity index (χ4v) is 1.08. The third-order valence-electron chi connectivity index (χ3n) is 1.77. The van der Waals surface area contributed by atoms with E-state index >= 15 is 0 Å². The zero-order valence-electron chi connectivity index (χ0n) is 6.80. The second kappa shape index (κ2) is 3.94. The lowest BCUT2D eigenvalue weighted by atomic mass is 10.4. The van der Waals surface area contributed by atoms with Gasteiger partial charge in [-0.2, -0.15) is 0 Å². The van der Waals surface area contributed by atoms with Gasteiger partial charge in [0, 0.05) is 19.1 Å². The van der Waals surface area contributed by atoms with Crippen molar-refractivity contribution in [2.75, 3.05) is 19.8 Å². The van der Waals surface area contributed by atoms with Gasteiger partial charge < -0.3 is 9.47 Å². The molecule has 1 rings (SSSR count). The van der Waals surface area contributed by atoms with Crippen LogP contribution in [0.5, 0.6) is 0 Å². The van der Waals surface area contributed by atoms with Gasteiger partial charge in [0.2, 0.25) is 0 Å². The summed E-state index contributed by atoms with van der Waals surface area (Å²) in [5.41, 5.74) is 0. The van der Waals surface area contributed by atoms with Crippen LogP contribution in [0.3, 0.4) is 0 Å². The largest absolute Gasteiger partial charge is 0.381 e. The van der Waals surface area contributed by atoms with Gasteiger partial charge in [-0.3, -0.25) is 0 Å². The van der Waals surface area contributed by atoms with Crippen LogP contribution in [0.2, 0.25) is 0 Å². The summed E-state index contributed by atoms with van der Waals surface area (Å²) in [5, 5.41) is 0. The van der Waals surface area contributed by atoms with Crippen LogP contribution >= 0.6 is 0 Å².